The average molecular weight is 168 g/mol. The molecule has 0 aliphatic carbocycles. The van der Waals surface area contributed by atoms with Gasteiger partial charge in [0.1, 0.15) is 0 Å². The molecule has 0 N–H and O–H groups in total. The Hall–Kier alpha value is 0.580. The molecular weight excluding hydrogens is 160 g/mol. The Morgan fingerprint density at radius 1 is 0.889 bits per heavy atom. The summed E-state index contributed by atoms with van der Waals surface area (Å²) in [4.78, 5) is 9.20. The van der Waals surface area contributed by atoms with Gasteiger partial charge < -0.3 is 0 Å². The van der Waals surface area contributed by atoms with Crippen LogP contribution in [0.1, 0.15) is 0 Å². The molecule has 1 heterocycles. The molecule has 0 bridgehead atoms. The van der Waals surface area contributed by atoms with Crippen LogP contribution in [0.2, 0.25) is 0 Å². The highest BCUT2D eigenvalue weighted by Gasteiger charge is 1.97. The van der Waals surface area contributed by atoms with E-state index in [2.05, 4.69) is 14.8 Å². The molecule has 0 aromatic carbocycles. The first-order valence-electron chi connectivity index (χ1n) is 2.65. The Balaban J connectivity index is 2.02. The van der Waals surface area contributed by atoms with Crippen LogP contribution in [0.25, 0.3) is 0 Å². The van der Waals surface area contributed by atoms with Crippen LogP contribution in [-0.2, 0) is 14.8 Å². The van der Waals surface area contributed by atoms with E-state index in [-0.39, 0.29) is 0 Å². The zero-order valence-corrected chi connectivity index (χ0v) is 6.50. The van der Waals surface area contributed by atoms with E-state index >= 15 is 0 Å². The molecule has 9 heavy (non-hydrogen) atoms. The van der Waals surface area contributed by atoms with Gasteiger partial charge in [0.05, 0.1) is 13.2 Å². The van der Waals surface area contributed by atoms with Gasteiger partial charge >= 0.3 is 0 Å². The van der Waals surface area contributed by atoms with Crippen molar-refractivity contribution in [2.24, 2.45) is 0 Å². The zero-order valence-electron chi connectivity index (χ0n) is 4.87. The molecule has 1 aliphatic heterocycles. The Labute approximate surface area is 61.7 Å². The minimum atomic E-state index is 0.595. The predicted molar refractivity (Wildman–Crippen MR) is 37.9 cm³/mol. The van der Waals surface area contributed by atoms with Crippen molar-refractivity contribution in [2.75, 3.05) is 24.7 Å². The summed E-state index contributed by atoms with van der Waals surface area (Å²) >= 11 is 0. The van der Waals surface area contributed by atoms with Gasteiger partial charge in [0.2, 0.25) is 0 Å². The first-order valence-corrected chi connectivity index (χ1v) is 5.14. The molecule has 0 spiro atoms. The number of rotatable bonds is 0. The highest BCUT2D eigenvalue weighted by Crippen LogP contribution is 2.20. The normalized spacial score (nSPS) is 24.0. The zero-order chi connectivity index (χ0) is 6.36. The standard InChI is InChI=1S/C4H8O3S2/c1-3-8-9-4-2-6-7-5-1/h1-4H2. The van der Waals surface area contributed by atoms with Crippen molar-refractivity contribution in [3.63, 3.8) is 0 Å². The summed E-state index contributed by atoms with van der Waals surface area (Å²) in [5.41, 5.74) is 0. The predicted octanol–water partition coefficient (Wildman–Crippen LogP) is 1.26. The van der Waals surface area contributed by atoms with Gasteiger partial charge in [-0.15, -0.1) is 0 Å². The van der Waals surface area contributed by atoms with Crippen LogP contribution in [0.5, 0.6) is 0 Å². The maximum atomic E-state index is 4.60. The average Bonchev–Trinajstić information content (AvgIpc) is 2.00. The maximum Gasteiger partial charge on any atom is 0.0952 e. The van der Waals surface area contributed by atoms with Crippen molar-refractivity contribution >= 4 is 21.6 Å². The summed E-state index contributed by atoms with van der Waals surface area (Å²) in [7, 11) is 3.55. The molecule has 1 aliphatic rings. The molecular formula is C4H8O3S2. The minimum absolute atomic E-state index is 0.595. The van der Waals surface area contributed by atoms with Gasteiger partial charge in [-0.05, 0) is 0 Å². The van der Waals surface area contributed by atoms with Gasteiger partial charge in [-0.1, -0.05) is 26.6 Å². The second kappa shape index (κ2) is 5.37. The van der Waals surface area contributed by atoms with E-state index in [1.807, 2.05) is 0 Å². The molecule has 1 fully saturated rings. The molecule has 1 rings (SSSR count). The summed E-state index contributed by atoms with van der Waals surface area (Å²) in [6, 6.07) is 0. The fraction of sp³-hybridized carbons (Fsp3) is 1.00. The van der Waals surface area contributed by atoms with E-state index in [1.54, 1.807) is 21.6 Å². The van der Waals surface area contributed by atoms with Crippen molar-refractivity contribution in [1.29, 1.82) is 0 Å². The van der Waals surface area contributed by atoms with Crippen LogP contribution < -0.4 is 0 Å². The minimum Gasteiger partial charge on any atom is -0.205 e. The molecule has 3 nitrogen and oxygen atoms in total. The lowest BCUT2D eigenvalue weighted by atomic mass is 10.9. The third kappa shape index (κ3) is 4.05. The van der Waals surface area contributed by atoms with Crippen molar-refractivity contribution in [3.05, 3.63) is 0 Å². The molecule has 0 unspecified atom stereocenters. The van der Waals surface area contributed by atoms with Crippen LogP contribution in [0, 0.1) is 0 Å². The lowest BCUT2D eigenvalue weighted by molar-refractivity contribution is -0.508. The molecule has 54 valence electrons. The largest absolute Gasteiger partial charge is 0.205 e. The Bertz CT molecular complexity index is 42.3. The number of hydrogen-bond donors (Lipinski definition) is 0. The van der Waals surface area contributed by atoms with Gasteiger partial charge in [-0.2, -0.15) is 0 Å². The number of hydrogen-bond acceptors (Lipinski definition) is 5. The molecule has 0 saturated carbocycles. The third-order valence-electron chi connectivity index (χ3n) is 0.680. The smallest absolute Gasteiger partial charge is 0.0952 e. The molecule has 0 radical (unpaired) electrons. The first kappa shape index (κ1) is 7.68. The van der Waals surface area contributed by atoms with Gasteiger partial charge in [-0.25, -0.2) is 9.78 Å². The van der Waals surface area contributed by atoms with Crippen LogP contribution in [0.15, 0.2) is 0 Å². The molecule has 1 saturated heterocycles. The topological polar surface area (TPSA) is 27.7 Å². The van der Waals surface area contributed by atoms with Gasteiger partial charge in [0, 0.05) is 11.5 Å². The lowest BCUT2D eigenvalue weighted by Crippen LogP contribution is -1.99. The van der Waals surface area contributed by atoms with Crippen molar-refractivity contribution < 1.29 is 14.8 Å². The lowest BCUT2D eigenvalue weighted by Gasteiger charge is -1.96. The summed E-state index contributed by atoms with van der Waals surface area (Å²) in [6.07, 6.45) is 0. The molecule has 0 atom stereocenters. The van der Waals surface area contributed by atoms with Gasteiger partial charge in [0.15, 0.2) is 0 Å². The van der Waals surface area contributed by atoms with Crippen LogP contribution in [-0.4, -0.2) is 24.7 Å². The van der Waals surface area contributed by atoms with Crippen LogP contribution >= 0.6 is 21.6 Å². The fourth-order valence-corrected chi connectivity index (χ4v) is 1.98. The molecule has 0 aromatic rings. The van der Waals surface area contributed by atoms with E-state index < -0.39 is 0 Å². The van der Waals surface area contributed by atoms with Crippen molar-refractivity contribution in [3.8, 4) is 0 Å². The SMILES string of the molecule is C1CSSCCOOO1. The van der Waals surface area contributed by atoms with Crippen molar-refractivity contribution in [1.82, 2.24) is 0 Å². The van der Waals surface area contributed by atoms with Gasteiger partial charge in [0.25, 0.3) is 0 Å². The fourth-order valence-electron chi connectivity index (χ4n) is 0.356. The maximum absolute atomic E-state index is 4.60. The van der Waals surface area contributed by atoms with E-state index in [1.165, 1.54) is 0 Å². The van der Waals surface area contributed by atoms with Gasteiger partial charge in [-0.3, -0.25) is 0 Å². The van der Waals surface area contributed by atoms with E-state index in [9.17, 15) is 0 Å². The van der Waals surface area contributed by atoms with E-state index in [0.717, 1.165) is 11.5 Å². The molecule has 5 heteroatoms. The Morgan fingerprint density at radius 2 is 1.44 bits per heavy atom. The third-order valence-corrected chi connectivity index (χ3v) is 3.01. The highest BCUT2D eigenvalue weighted by atomic mass is 33.1. The monoisotopic (exact) mass is 168 g/mol. The second-order valence-corrected chi connectivity index (χ2v) is 4.06. The first-order chi connectivity index (χ1) is 4.50. The quantitative estimate of drug-likeness (QED) is 0.401. The van der Waals surface area contributed by atoms with Crippen LogP contribution in [0.3, 0.4) is 0 Å². The van der Waals surface area contributed by atoms with Crippen LogP contribution in [0.4, 0.5) is 0 Å². The summed E-state index contributed by atoms with van der Waals surface area (Å²) in [5.74, 6) is 1.90. The molecule has 0 aromatic heterocycles. The molecule has 0 amide bonds. The summed E-state index contributed by atoms with van der Waals surface area (Å²) in [6.45, 7) is 1.19. The van der Waals surface area contributed by atoms with Crippen molar-refractivity contribution in [2.45, 2.75) is 0 Å². The summed E-state index contributed by atoms with van der Waals surface area (Å²) < 4.78 is 0. The Morgan fingerprint density at radius 3 is 2.00 bits per heavy atom. The summed E-state index contributed by atoms with van der Waals surface area (Å²) in [5, 5.41) is 4.33. The highest BCUT2D eigenvalue weighted by molar-refractivity contribution is 8.76. The Kier molecular flexibility index (Phi) is 4.59. The second-order valence-electron chi connectivity index (χ2n) is 1.36. The van der Waals surface area contributed by atoms with E-state index in [0.29, 0.717) is 13.2 Å². The van der Waals surface area contributed by atoms with E-state index in [4.69, 9.17) is 0 Å².